The van der Waals surface area contributed by atoms with Gasteiger partial charge in [-0.3, -0.25) is 9.36 Å². The van der Waals surface area contributed by atoms with E-state index < -0.39 is 0 Å². The van der Waals surface area contributed by atoms with E-state index >= 15 is 0 Å². The van der Waals surface area contributed by atoms with Crippen LogP contribution in [0.15, 0.2) is 9.95 Å². The van der Waals surface area contributed by atoms with Crippen molar-refractivity contribution in [2.24, 2.45) is 0 Å². The van der Waals surface area contributed by atoms with Crippen LogP contribution in [0.5, 0.6) is 0 Å². The van der Waals surface area contributed by atoms with Crippen LogP contribution in [0.25, 0.3) is 10.2 Å². The van der Waals surface area contributed by atoms with Gasteiger partial charge in [0.2, 0.25) is 0 Å². The maximum Gasteiger partial charge on any atom is 0.263 e. The number of nitriles is 1. The number of hydrogen-bond acceptors (Lipinski definition) is 6. The number of ether oxygens (including phenoxy) is 1. The first kappa shape index (κ1) is 16.5. The lowest BCUT2D eigenvalue weighted by Gasteiger charge is -2.15. The second-order valence-electron chi connectivity index (χ2n) is 5.56. The average molecular weight is 349 g/mol. The van der Waals surface area contributed by atoms with Gasteiger partial charge in [-0.2, -0.15) is 5.26 Å². The lowest BCUT2D eigenvalue weighted by molar-refractivity contribution is 0.0937. The van der Waals surface area contributed by atoms with E-state index in [1.54, 1.807) is 15.9 Å². The number of aromatic nitrogens is 2. The summed E-state index contributed by atoms with van der Waals surface area (Å²) >= 11 is 2.89. The molecule has 2 aromatic rings. The highest BCUT2D eigenvalue weighted by molar-refractivity contribution is 7.99. The van der Waals surface area contributed by atoms with Crippen molar-refractivity contribution in [3.63, 3.8) is 0 Å². The topological polar surface area (TPSA) is 67.9 Å². The Morgan fingerprint density at radius 3 is 3.04 bits per heavy atom. The molecule has 1 aliphatic heterocycles. The van der Waals surface area contributed by atoms with Gasteiger partial charge >= 0.3 is 0 Å². The van der Waals surface area contributed by atoms with E-state index in [4.69, 9.17) is 10.00 Å². The Kier molecular flexibility index (Phi) is 5.05. The third kappa shape index (κ3) is 3.16. The summed E-state index contributed by atoms with van der Waals surface area (Å²) < 4.78 is 7.40. The number of fused-ring (bicyclic) bond motifs is 1. The molecular weight excluding hydrogens is 330 g/mol. The summed E-state index contributed by atoms with van der Waals surface area (Å²) in [6.07, 6.45) is 2.90. The average Bonchev–Trinajstić information content (AvgIpc) is 3.15. The summed E-state index contributed by atoms with van der Waals surface area (Å²) in [6.45, 7) is 5.38. The molecule has 1 fully saturated rings. The van der Waals surface area contributed by atoms with Crippen LogP contribution in [0.1, 0.15) is 30.2 Å². The second kappa shape index (κ2) is 7.04. The third-order valence-electron chi connectivity index (χ3n) is 4.11. The summed E-state index contributed by atoms with van der Waals surface area (Å²) in [7, 11) is 0. The fourth-order valence-corrected chi connectivity index (χ4v) is 4.84. The van der Waals surface area contributed by atoms with Crippen molar-refractivity contribution in [1.82, 2.24) is 9.55 Å². The van der Waals surface area contributed by atoms with E-state index in [0.717, 1.165) is 46.5 Å². The monoisotopic (exact) mass is 349 g/mol. The molecule has 0 N–H and O–H groups in total. The first-order valence-corrected chi connectivity index (χ1v) is 9.60. The Balaban J connectivity index is 2.14. The standard InChI is InChI=1S/C16H19N3O2S2/c1-3-12-10(2)23-14-13(12)15(20)19(9-11-5-4-7-21-11)16(18-14)22-8-6-17/h11H,3-5,7-9H2,1-2H3. The van der Waals surface area contributed by atoms with Gasteiger partial charge in [-0.25, -0.2) is 4.98 Å². The van der Waals surface area contributed by atoms with Crippen LogP contribution in [0.2, 0.25) is 0 Å². The second-order valence-corrected chi connectivity index (χ2v) is 7.71. The van der Waals surface area contributed by atoms with E-state index in [9.17, 15) is 4.79 Å². The molecule has 1 aliphatic rings. The normalized spacial score (nSPS) is 17.7. The van der Waals surface area contributed by atoms with E-state index in [2.05, 4.69) is 18.0 Å². The molecular formula is C16H19N3O2S2. The van der Waals surface area contributed by atoms with Gasteiger partial charge in [-0.15, -0.1) is 11.3 Å². The zero-order valence-electron chi connectivity index (χ0n) is 13.3. The molecule has 2 aromatic heterocycles. The summed E-state index contributed by atoms with van der Waals surface area (Å²) in [5.74, 6) is 0.286. The fraction of sp³-hybridized carbons (Fsp3) is 0.562. The van der Waals surface area contributed by atoms with E-state index in [-0.39, 0.29) is 17.4 Å². The number of nitrogens with zero attached hydrogens (tertiary/aromatic N) is 3. The molecule has 0 aliphatic carbocycles. The van der Waals surface area contributed by atoms with Crippen LogP contribution < -0.4 is 5.56 Å². The summed E-state index contributed by atoms with van der Waals surface area (Å²) in [5, 5.41) is 10.2. The van der Waals surface area contributed by atoms with Crippen LogP contribution in [-0.4, -0.2) is 28.0 Å². The molecule has 7 heteroatoms. The fourth-order valence-electron chi connectivity index (χ4n) is 3.02. The van der Waals surface area contributed by atoms with Crippen LogP contribution in [0, 0.1) is 18.3 Å². The zero-order chi connectivity index (χ0) is 16.4. The number of rotatable bonds is 5. The quantitative estimate of drug-likeness (QED) is 0.613. The molecule has 0 aromatic carbocycles. The Labute approximate surface area is 143 Å². The Bertz CT molecular complexity index is 813. The molecule has 5 nitrogen and oxygen atoms in total. The third-order valence-corrected chi connectivity index (χ3v) is 5.99. The maximum absolute atomic E-state index is 13.1. The SMILES string of the molecule is CCc1c(C)sc2nc(SCC#N)n(CC3CCCO3)c(=O)c12. The van der Waals surface area contributed by atoms with Gasteiger partial charge in [0.1, 0.15) is 4.83 Å². The number of thiophene rings is 1. The molecule has 122 valence electrons. The van der Waals surface area contributed by atoms with Gasteiger partial charge in [0.15, 0.2) is 5.16 Å². The number of aryl methyl sites for hydroxylation is 2. The summed E-state index contributed by atoms with van der Waals surface area (Å²) in [6, 6.07) is 2.11. The van der Waals surface area contributed by atoms with Gasteiger partial charge in [-0.1, -0.05) is 18.7 Å². The summed E-state index contributed by atoms with van der Waals surface area (Å²) in [4.78, 5) is 19.7. The smallest absolute Gasteiger partial charge is 0.263 e. The minimum absolute atomic E-state index is 0.00661. The van der Waals surface area contributed by atoms with Crippen molar-refractivity contribution < 1.29 is 4.74 Å². The Hall–Kier alpha value is -1.36. The Morgan fingerprint density at radius 1 is 1.57 bits per heavy atom. The first-order valence-electron chi connectivity index (χ1n) is 7.79. The van der Waals surface area contributed by atoms with Gasteiger partial charge in [-0.05, 0) is 31.7 Å². The van der Waals surface area contributed by atoms with Crippen molar-refractivity contribution in [2.45, 2.75) is 50.9 Å². The molecule has 0 amide bonds. The van der Waals surface area contributed by atoms with Crippen molar-refractivity contribution in [3.05, 3.63) is 20.8 Å². The van der Waals surface area contributed by atoms with Crippen LogP contribution in [-0.2, 0) is 17.7 Å². The molecule has 1 atom stereocenters. The maximum atomic E-state index is 13.1. The molecule has 0 bridgehead atoms. The minimum Gasteiger partial charge on any atom is -0.376 e. The Morgan fingerprint density at radius 2 is 2.39 bits per heavy atom. The highest BCUT2D eigenvalue weighted by Gasteiger charge is 2.22. The van der Waals surface area contributed by atoms with Crippen molar-refractivity contribution in [1.29, 1.82) is 5.26 Å². The lowest BCUT2D eigenvalue weighted by atomic mass is 10.1. The predicted octanol–water partition coefficient (Wildman–Crippen LogP) is 3.12. The minimum atomic E-state index is 0.00661. The van der Waals surface area contributed by atoms with Crippen molar-refractivity contribution >= 4 is 33.3 Å². The van der Waals surface area contributed by atoms with Gasteiger partial charge in [0, 0.05) is 11.5 Å². The van der Waals surface area contributed by atoms with Crippen molar-refractivity contribution in [2.75, 3.05) is 12.4 Å². The highest BCUT2D eigenvalue weighted by Crippen LogP contribution is 2.29. The van der Waals surface area contributed by atoms with Crippen molar-refractivity contribution in [3.8, 4) is 6.07 Å². The molecule has 3 rings (SSSR count). The number of hydrogen-bond donors (Lipinski definition) is 0. The summed E-state index contributed by atoms with van der Waals surface area (Å²) in [5.41, 5.74) is 1.10. The van der Waals surface area contributed by atoms with Gasteiger partial charge < -0.3 is 4.74 Å². The molecule has 0 radical (unpaired) electrons. The first-order chi connectivity index (χ1) is 11.2. The number of thioether (sulfide) groups is 1. The largest absolute Gasteiger partial charge is 0.376 e. The van der Waals surface area contributed by atoms with Gasteiger partial charge in [0.05, 0.1) is 29.9 Å². The molecule has 1 saturated heterocycles. The molecule has 23 heavy (non-hydrogen) atoms. The molecule has 0 saturated carbocycles. The molecule has 0 spiro atoms. The predicted molar refractivity (Wildman–Crippen MR) is 93.3 cm³/mol. The van der Waals surface area contributed by atoms with Crippen LogP contribution in [0.3, 0.4) is 0 Å². The lowest BCUT2D eigenvalue weighted by Crippen LogP contribution is -2.29. The van der Waals surface area contributed by atoms with E-state index in [1.165, 1.54) is 11.8 Å². The van der Waals surface area contributed by atoms with E-state index in [0.29, 0.717) is 11.7 Å². The zero-order valence-corrected chi connectivity index (χ0v) is 14.9. The molecule has 3 heterocycles. The molecule has 1 unspecified atom stereocenters. The van der Waals surface area contributed by atoms with Gasteiger partial charge in [0.25, 0.3) is 5.56 Å². The highest BCUT2D eigenvalue weighted by atomic mass is 32.2. The van der Waals surface area contributed by atoms with E-state index in [1.807, 2.05) is 6.92 Å². The van der Waals surface area contributed by atoms with Crippen LogP contribution in [0.4, 0.5) is 0 Å². The van der Waals surface area contributed by atoms with Crippen LogP contribution >= 0.6 is 23.1 Å².